The second-order valence-electron chi connectivity index (χ2n) is 5.56. The smallest absolute Gasteiger partial charge is 0.319 e. The summed E-state index contributed by atoms with van der Waals surface area (Å²) in [6, 6.07) is 3.43. The van der Waals surface area contributed by atoms with Crippen LogP contribution in [0.5, 0.6) is 0 Å². The molecule has 1 aliphatic heterocycles. The molecule has 1 fully saturated rings. The Bertz CT molecular complexity index is 786. The molecule has 0 bridgehead atoms. The third kappa shape index (κ3) is 3.90. The number of pyridine rings is 1. The zero-order valence-corrected chi connectivity index (χ0v) is 13.1. The zero-order chi connectivity index (χ0) is 16.9. The van der Waals surface area contributed by atoms with Gasteiger partial charge >= 0.3 is 6.03 Å². The van der Waals surface area contributed by atoms with Crippen molar-refractivity contribution in [3.63, 3.8) is 0 Å². The molecule has 1 aromatic carbocycles. The van der Waals surface area contributed by atoms with Gasteiger partial charge in [-0.3, -0.25) is 9.69 Å². The molecule has 8 heteroatoms. The molecule has 1 saturated heterocycles. The summed E-state index contributed by atoms with van der Waals surface area (Å²) in [6.07, 6.45) is 1.41. The first-order chi connectivity index (χ1) is 11.6. The number of hydrogen-bond donors (Lipinski definition) is 3. The van der Waals surface area contributed by atoms with E-state index in [1.807, 2.05) is 0 Å². The first kappa shape index (κ1) is 16.4. The molecule has 2 aromatic rings. The molecule has 3 rings (SSSR count). The molecule has 0 aliphatic carbocycles. The fourth-order valence-electron chi connectivity index (χ4n) is 2.60. The normalized spacial score (nSPS) is 15.4. The lowest BCUT2D eigenvalue weighted by Gasteiger charge is -2.26. The van der Waals surface area contributed by atoms with Crippen LogP contribution >= 0.6 is 0 Å². The Kier molecular flexibility index (Phi) is 5.07. The molecule has 2 amide bonds. The predicted molar refractivity (Wildman–Crippen MR) is 88.8 cm³/mol. The van der Waals surface area contributed by atoms with Crippen LogP contribution < -0.4 is 16.1 Å². The number of urea groups is 1. The van der Waals surface area contributed by atoms with Crippen LogP contribution in [0, 0.1) is 5.82 Å². The van der Waals surface area contributed by atoms with E-state index in [1.165, 1.54) is 18.3 Å². The Morgan fingerprint density at radius 3 is 2.92 bits per heavy atom. The van der Waals surface area contributed by atoms with E-state index in [9.17, 15) is 14.0 Å². The number of H-pyrrole nitrogens is 1. The molecule has 0 spiro atoms. The van der Waals surface area contributed by atoms with Crippen LogP contribution in [-0.2, 0) is 4.74 Å². The Morgan fingerprint density at radius 1 is 1.33 bits per heavy atom. The number of hydrogen-bond acceptors (Lipinski definition) is 4. The van der Waals surface area contributed by atoms with Crippen LogP contribution in [0.25, 0.3) is 10.9 Å². The number of aromatic nitrogens is 1. The second kappa shape index (κ2) is 7.41. The van der Waals surface area contributed by atoms with Gasteiger partial charge in [-0.1, -0.05) is 0 Å². The Labute approximate surface area is 137 Å². The van der Waals surface area contributed by atoms with Crippen molar-refractivity contribution in [1.29, 1.82) is 0 Å². The van der Waals surface area contributed by atoms with E-state index in [-0.39, 0.29) is 11.1 Å². The highest BCUT2D eigenvalue weighted by Crippen LogP contribution is 2.11. The molecule has 0 saturated carbocycles. The fourth-order valence-corrected chi connectivity index (χ4v) is 2.60. The van der Waals surface area contributed by atoms with E-state index < -0.39 is 17.3 Å². The number of nitrogens with one attached hydrogen (secondary N) is 3. The van der Waals surface area contributed by atoms with Gasteiger partial charge < -0.3 is 20.4 Å². The van der Waals surface area contributed by atoms with Gasteiger partial charge in [0.2, 0.25) is 5.43 Å². The highest BCUT2D eigenvalue weighted by Gasteiger charge is 2.11. The molecule has 3 N–H and O–H groups in total. The number of benzene rings is 1. The number of aromatic amines is 1. The van der Waals surface area contributed by atoms with Crippen molar-refractivity contribution in [1.82, 2.24) is 15.2 Å². The average molecular weight is 334 g/mol. The van der Waals surface area contributed by atoms with Crippen molar-refractivity contribution in [2.24, 2.45) is 0 Å². The number of anilines is 1. The summed E-state index contributed by atoms with van der Waals surface area (Å²) in [5.41, 5.74) is 0.170. The SMILES string of the molecule is O=C(NCCN1CCOCC1)Nc1c[nH]c2ccc(F)cc2c1=O. The van der Waals surface area contributed by atoms with Crippen LogP contribution in [0.15, 0.2) is 29.2 Å². The van der Waals surface area contributed by atoms with Crippen molar-refractivity contribution in [2.45, 2.75) is 0 Å². The van der Waals surface area contributed by atoms with Gasteiger partial charge in [0.25, 0.3) is 0 Å². The Balaban J connectivity index is 1.58. The largest absolute Gasteiger partial charge is 0.379 e. The minimum absolute atomic E-state index is 0.0805. The Morgan fingerprint density at radius 2 is 2.12 bits per heavy atom. The molecule has 1 aromatic heterocycles. The number of morpholine rings is 1. The number of ether oxygens (including phenoxy) is 1. The predicted octanol–water partition coefficient (Wildman–Crippen LogP) is 1.12. The fraction of sp³-hybridized carbons (Fsp3) is 0.375. The van der Waals surface area contributed by atoms with Crippen molar-refractivity contribution in [3.05, 3.63) is 40.4 Å². The molecule has 0 radical (unpaired) electrons. The number of halogens is 1. The van der Waals surface area contributed by atoms with Gasteiger partial charge in [-0.25, -0.2) is 9.18 Å². The van der Waals surface area contributed by atoms with Gasteiger partial charge in [0.15, 0.2) is 0 Å². The van der Waals surface area contributed by atoms with Crippen molar-refractivity contribution in [3.8, 4) is 0 Å². The summed E-state index contributed by atoms with van der Waals surface area (Å²) >= 11 is 0. The number of fused-ring (bicyclic) bond motifs is 1. The standard InChI is InChI=1S/C16H19FN4O3/c17-11-1-2-13-12(9-11)15(22)14(10-19-13)20-16(23)18-3-4-21-5-7-24-8-6-21/h1-2,9-10H,3-8H2,(H,19,22)(H2,18,20,23). The summed E-state index contributed by atoms with van der Waals surface area (Å²) in [5, 5.41) is 5.40. The van der Waals surface area contributed by atoms with Gasteiger partial charge in [0, 0.05) is 37.9 Å². The van der Waals surface area contributed by atoms with Crippen LogP contribution in [0.2, 0.25) is 0 Å². The average Bonchev–Trinajstić information content (AvgIpc) is 2.59. The number of amides is 2. The number of rotatable bonds is 4. The minimum Gasteiger partial charge on any atom is -0.379 e. The summed E-state index contributed by atoms with van der Waals surface area (Å²) in [7, 11) is 0. The van der Waals surface area contributed by atoms with E-state index >= 15 is 0 Å². The molecule has 1 aliphatic rings. The maximum Gasteiger partial charge on any atom is 0.319 e. The second-order valence-corrected chi connectivity index (χ2v) is 5.56. The summed E-state index contributed by atoms with van der Waals surface area (Å²) in [4.78, 5) is 29.3. The lowest BCUT2D eigenvalue weighted by Crippen LogP contribution is -2.42. The molecule has 0 unspecified atom stereocenters. The molecule has 24 heavy (non-hydrogen) atoms. The molecular weight excluding hydrogens is 315 g/mol. The van der Waals surface area contributed by atoms with Crippen LogP contribution in [-0.4, -0.2) is 55.3 Å². The first-order valence-electron chi connectivity index (χ1n) is 7.79. The third-order valence-corrected chi connectivity index (χ3v) is 3.91. The van der Waals surface area contributed by atoms with Crippen molar-refractivity contribution >= 4 is 22.6 Å². The Hall–Kier alpha value is -2.45. The van der Waals surface area contributed by atoms with E-state index in [1.54, 1.807) is 0 Å². The van der Waals surface area contributed by atoms with Gasteiger partial charge in [-0.05, 0) is 18.2 Å². The van der Waals surface area contributed by atoms with Crippen molar-refractivity contribution in [2.75, 3.05) is 44.7 Å². The maximum absolute atomic E-state index is 13.3. The third-order valence-electron chi connectivity index (χ3n) is 3.91. The molecule has 0 atom stereocenters. The number of nitrogens with zero attached hydrogens (tertiary/aromatic N) is 1. The van der Waals surface area contributed by atoms with Crippen LogP contribution in [0.1, 0.15) is 0 Å². The topological polar surface area (TPSA) is 86.5 Å². The van der Waals surface area contributed by atoms with Gasteiger partial charge in [0.1, 0.15) is 11.5 Å². The van der Waals surface area contributed by atoms with E-state index in [0.717, 1.165) is 25.7 Å². The first-order valence-corrected chi connectivity index (χ1v) is 7.79. The van der Waals surface area contributed by atoms with E-state index in [2.05, 4.69) is 20.5 Å². The van der Waals surface area contributed by atoms with Gasteiger partial charge in [-0.2, -0.15) is 0 Å². The zero-order valence-electron chi connectivity index (χ0n) is 13.1. The van der Waals surface area contributed by atoms with Gasteiger partial charge in [0.05, 0.1) is 18.6 Å². The lowest BCUT2D eigenvalue weighted by atomic mass is 10.2. The summed E-state index contributed by atoms with van der Waals surface area (Å²) < 4.78 is 18.5. The monoisotopic (exact) mass is 334 g/mol. The summed E-state index contributed by atoms with van der Waals surface area (Å²) in [5.74, 6) is -0.500. The number of carbonyl (C=O) groups excluding carboxylic acids is 1. The van der Waals surface area contributed by atoms with E-state index in [0.29, 0.717) is 25.3 Å². The highest BCUT2D eigenvalue weighted by molar-refractivity contribution is 5.91. The maximum atomic E-state index is 13.3. The molecule has 128 valence electrons. The molecular formula is C16H19FN4O3. The van der Waals surface area contributed by atoms with Crippen LogP contribution in [0.4, 0.5) is 14.9 Å². The van der Waals surface area contributed by atoms with E-state index in [4.69, 9.17) is 4.74 Å². The highest BCUT2D eigenvalue weighted by atomic mass is 19.1. The van der Waals surface area contributed by atoms with Gasteiger partial charge in [-0.15, -0.1) is 0 Å². The quantitative estimate of drug-likeness (QED) is 0.782. The lowest BCUT2D eigenvalue weighted by molar-refractivity contribution is 0.0388. The molecule has 7 nitrogen and oxygen atoms in total. The minimum atomic E-state index is -0.500. The van der Waals surface area contributed by atoms with Crippen molar-refractivity contribution < 1.29 is 13.9 Å². The molecule has 2 heterocycles. The summed E-state index contributed by atoms with van der Waals surface area (Å²) in [6.45, 7) is 4.28. The number of carbonyl (C=O) groups is 1. The van der Waals surface area contributed by atoms with Crippen LogP contribution in [0.3, 0.4) is 0 Å².